The molecule has 0 unspecified atom stereocenters. The molecule has 0 aromatic carbocycles. The van der Waals surface area contributed by atoms with Crippen LogP contribution >= 0.6 is 0 Å². The molecule has 2 aromatic heterocycles. The second-order valence-corrected chi connectivity index (χ2v) is 4.31. The van der Waals surface area contributed by atoms with Crippen LogP contribution in [0.1, 0.15) is 12.8 Å². The topological polar surface area (TPSA) is 62.5 Å². The average Bonchev–Trinajstić information content (AvgIpc) is 2.65. The molecule has 2 aromatic rings. The van der Waals surface area contributed by atoms with Crippen LogP contribution in [0.15, 0.2) is 24.4 Å². The van der Waals surface area contributed by atoms with Crippen molar-refractivity contribution in [3.63, 3.8) is 0 Å². The summed E-state index contributed by atoms with van der Waals surface area (Å²) in [5, 5.41) is 16.7. The summed E-state index contributed by atoms with van der Waals surface area (Å²) in [7, 11) is 0. The Morgan fingerprint density at radius 3 is 3.06 bits per heavy atom. The third-order valence-electron chi connectivity index (χ3n) is 3.00. The lowest BCUT2D eigenvalue weighted by molar-refractivity contribution is 0.0486. The predicted molar refractivity (Wildman–Crippen MR) is 60.2 cm³/mol. The van der Waals surface area contributed by atoms with Gasteiger partial charge in [0, 0.05) is 12.7 Å². The zero-order valence-corrected chi connectivity index (χ0v) is 8.87. The molecule has 0 aliphatic heterocycles. The molecule has 2 N–H and O–H groups in total. The van der Waals surface area contributed by atoms with Gasteiger partial charge in [0.1, 0.15) is 0 Å². The van der Waals surface area contributed by atoms with Crippen molar-refractivity contribution in [2.75, 3.05) is 11.9 Å². The van der Waals surface area contributed by atoms with E-state index in [1.54, 1.807) is 4.52 Å². The van der Waals surface area contributed by atoms with E-state index in [-0.39, 0.29) is 6.10 Å². The van der Waals surface area contributed by atoms with E-state index in [0.717, 1.165) is 25.0 Å². The number of hydrogen-bond acceptors (Lipinski definition) is 4. The average molecular weight is 218 g/mol. The molecule has 16 heavy (non-hydrogen) atoms. The van der Waals surface area contributed by atoms with Crippen LogP contribution in [0, 0.1) is 5.92 Å². The Morgan fingerprint density at radius 2 is 2.31 bits per heavy atom. The van der Waals surface area contributed by atoms with Crippen LogP contribution in [0.5, 0.6) is 0 Å². The Labute approximate surface area is 93.1 Å². The van der Waals surface area contributed by atoms with Crippen molar-refractivity contribution in [2.24, 2.45) is 5.92 Å². The molecule has 1 fully saturated rings. The summed E-state index contributed by atoms with van der Waals surface area (Å²) in [5.74, 6) is 1.22. The summed E-state index contributed by atoms with van der Waals surface area (Å²) in [6, 6.07) is 5.79. The quantitative estimate of drug-likeness (QED) is 0.804. The summed E-state index contributed by atoms with van der Waals surface area (Å²) in [6.45, 7) is 0.841. The van der Waals surface area contributed by atoms with E-state index < -0.39 is 0 Å². The van der Waals surface area contributed by atoms with Crippen molar-refractivity contribution in [3.8, 4) is 0 Å². The first-order chi connectivity index (χ1) is 7.81. The van der Waals surface area contributed by atoms with Gasteiger partial charge in [0.2, 0.25) is 5.95 Å². The molecule has 3 rings (SSSR count). The number of aliphatic hydroxyl groups is 1. The van der Waals surface area contributed by atoms with Crippen molar-refractivity contribution < 1.29 is 5.11 Å². The van der Waals surface area contributed by atoms with Gasteiger partial charge in [-0.25, -0.2) is 4.52 Å². The van der Waals surface area contributed by atoms with Crippen LogP contribution < -0.4 is 5.32 Å². The molecule has 0 saturated heterocycles. The molecule has 0 atom stereocenters. The standard InChI is InChI=1S/C11H14N4O/c16-9-5-8(6-9)7-12-11-13-10-3-1-2-4-15(10)14-11/h1-4,8-9,16H,5-7H2,(H,12,14). The van der Waals surface area contributed by atoms with E-state index in [1.807, 2.05) is 24.4 Å². The van der Waals surface area contributed by atoms with E-state index in [4.69, 9.17) is 5.11 Å². The van der Waals surface area contributed by atoms with E-state index in [2.05, 4.69) is 15.4 Å². The fourth-order valence-corrected chi connectivity index (χ4v) is 2.01. The van der Waals surface area contributed by atoms with Gasteiger partial charge in [-0.2, -0.15) is 4.98 Å². The van der Waals surface area contributed by atoms with Gasteiger partial charge in [0.25, 0.3) is 0 Å². The highest BCUT2D eigenvalue weighted by atomic mass is 16.3. The number of nitrogens with zero attached hydrogens (tertiary/aromatic N) is 3. The number of aliphatic hydroxyl groups excluding tert-OH is 1. The largest absolute Gasteiger partial charge is 0.393 e. The number of aromatic nitrogens is 3. The Balaban J connectivity index is 1.65. The smallest absolute Gasteiger partial charge is 0.243 e. The fourth-order valence-electron chi connectivity index (χ4n) is 2.01. The molecule has 1 aliphatic rings. The van der Waals surface area contributed by atoms with E-state index in [1.165, 1.54) is 0 Å². The molecule has 0 radical (unpaired) electrons. The summed E-state index contributed by atoms with van der Waals surface area (Å²) in [6.07, 6.45) is 3.56. The van der Waals surface area contributed by atoms with Crippen molar-refractivity contribution >= 4 is 11.6 Å². The summed E-state index contributed by atoms with van der Waals surface area (Å²) < 4.78 is 1.75. The van der Waals surface area contributed by atoms with Crippen LogP contribution in [0.4, 0.5) is 5.95 Å². The minimum absolute atomic E-state index is 0.0965. The van der Waals surface area contributed by atoms with Crippen molar-refractivity contribution in [3.05, 3.63) is 24.4 Å². The molecule has 5 heteroatoms. The zero-order chi connectivity index (χ0) is 11.0. The second kappa shape index (κ2) is 3.75. The molecule has 1 aliphatic carbocycles. The molecular formula is C11H14N4O. The van der Waals surface area contributed by atoms with Crippen LogP contribution in [-0.4, -0.2) is 32.4 Å². The first-order valence-electron chi connectivity index (χ1n) is 5.54. The monoisotopic (exact) mass is 218 g/mol. The maximum absolute atomic E-state index is 9.17. The lowest BCUT2D eigenvalue weighted by atomic mass is 9.82. The van der Waals surface area contributed by atoms with Crippen LogP contribution in [0.25, 0.3) is 5.65 Å². The number of pyridine rings is 1. The van der Waals surface area contributed by atoms with Gasteiger partial charge >= 0.3 is 0 Å². The zero-order valence-electron chi connectivity index (χ0n) is 8.87. The predicted octanol–water partition coefficient (Wildman–Crippen LogP) is 0.912. The van der Waals surface area contributed by atoms with Gasteiger partial charge in [0.05, 0.1) is 6.10 Å². The molecule has 84 valence electrons. The fraction of sp³-hybridized carbons (Fsp3) is 0.455. The van der Waals surface area contributed by atoms with Crippen molar-refractivity contribution in [2.45, 2.75) is 18.9 Å². The minimum Gasteiger partial charge on any atom is -0.393 e. The first-order valence-corrected chi connectivity index (χ1v) is 5.54. The highest BCUT2D eigenvalue weighted by Gasteiger charge is 2.26. The van der Waals surface area contributed by atoms with Gasteiger partial charge in [-0.1, -0.05) is 6.07 Å². The van der Waals surface area contributed by atoms with Gasteiger partial charge in [-0.05, 0) is 30.9 Å². The third-order valence-corrected chi connectivity index (χ3v) is 3.00. The van der Waals surface area contributed by atoms with E-state index in [9.17, 15) is 0 Å². The SMILES string of the molecule is OC1CC(CNc2nc3ccccn3n2)C1. The highest BCUT2D eigenvalue weighted by molar-refractivity contribution is 5.42. The van der Waals surface area contributed by atoms with E-state index >= 15 is 0 Å². The number of fused-ring (bicyclic) bond motifs is 1. The van der Waals surface area contributed by atoms with Crippen LogP contribution in [0.3, 0.4) is 0 Å². The molecular weight excluding hydrogens is 204 g/mol. The maximum atomic E-state index is 9.17. The molecule has 1 saturated carbocycles. The van der Waals surface area contributed by atoms with Crippen molar-refractivity contribution in [1.82, 2.24) is 14.6 Å². The Morgan fingerprint density at radius 1 is 1.44 bits per heavy atom. The molecule has 0 spiro atoms. The normalized spacial score (nSPS) is 24.3. The molecule has 2 heterocycles. The van der Waals surface area contributed by atoms with Gasteiger partial charge in [0.15, 0.2) is 5.65 Å². The minimum atomic E-state index is -0.0965. The maximum Gasteiger partial charge on any atom is 0.243 e. The van der Waals surface area contributed by atoms with Crippen molar-refractivity contribution in [1.29, 1.82) is 0 Å². The molecule has 0 bridgehead atoms. The molecule has 0 amide bonds. The lowest BCUT2D eigenvalue weighted by Gasteiger charge is -2.31. The number of nitrogens with one attached hydrogen (secondary N) is 1. The lowest BCUT2D eigenvalue weighted by Crippen LogP contribution is -2.33. The van der Waals surface area contributed by atoms with Crippen LogP contribution in [-0.2, 0) is 0 Å². The number of rotatable bonds is 3. The Kier molecular flexibility index (Phi) is 2.25. The number of anilines is 1. The van der Waals surface area contributed by atoms with Gasteiger partial charge in [-0.15, -0.1) is 5.10 Å². The van der Waals surface area contributed by atoms with Gasteiger partial charge < -0.3 is 10.4 Å². The highest BCUT2D eigenvalue weighted by Crippen LogP contribution is 2.26. The Hall–Kier alpha value is -1.62. The van der Waals surface area contributed by atoms with E-state index in [0.29, 0.717) is 11.9 Å². The second-order valence-electron chi connectivity index (χ2n) is 4.31. The number of hydrogen-bond donors (Lipinski definition) is 2. The molecule has 5 nitrogen and oxygen atoms in total. The summed E-state index contributed by atoms with van der Waals surface area (Å²) >= 11 is 0. The van der Waals surface area contributed by atoms with Crippen LogP contribution in [0.2, 0.25) is 0 Å². The van der Waals surface area contributed by atoms with Gasteiger partial charge in [-0.3, -0.25) is 0 Å². The first kappa shape index (κ1) is 9.59. The Bertz CT molecular complexity index is 456. The summed E-state index contributed by atoms with van der Waals surface area (Å²) in [4.78, 5) is 4.34. The third kappa shape index (κ3) is 1.74. The summed E-state index contributed by atoms with van der Waals surface area (Å²) in [5.41, 5.74) is 0.846.